The minimum Gasteiger partial charge on any atom is -0.0654 e. The van der Waals surface area contributed by atoms with E-state index in [4.69, 9.17) is 0 Å². The van der Waals surface area contributed by atoms with Crippen molar-refractivity contribution >= 4 is 0 Å². The van der Waals surface area contributed by atoms with Gasteiger partial charge in [-0.05, 0) is 67.2 Å². The molecular weight excluding hydrogens is 601 g/mol. The van der Waals surface area contributed by atoms with Gasteiger partial charge in [-0.25, -0.2) is 0 Å². The van der Waals surface area contributed by atoms with Crippen molar-refractivity contribution in [3.63, 3.8) is 0 Å². The van der Waals surface area contributed by atoms with E-state index in [2.05, 4.69) is 39.8 Å². The zero-order valence-corrected chi connectivity index (χ0v) is 35.4. The van der Waals surface area contributed by atoms with E-state index in [-0.39, 0.29) is 0 Å². The second kappa shape index (κ2) is 38.0. The van der Waals surface area contributed by atoms with Crippen LogP contribution in [-0.2, 0) is 25.7 Å². The summed E-state index contributed by atoms with van der Waals surface area (Å²) in [6.45, 7) is 9.34. The summed E-state index contributed by atoms with van der Waals surface area (Å²) in [5.41, 5.74) is 6.88. The first-order valence-corrected chi connectivity index (χ1v) is 23.9. The highest BCUT2D eigenvalue weighted by Crippen LogP contribution is 2.26. The van der Waals surface area contributed by atoms with Gasteiger partial charge >= 0.3 is 0 Å². The zero-order chi connectivity index (χ0) is 36.0. The first-order chi connectivity index (χ1) is 24.8. The van der Waals surface area contributed by atoms with Crippen molar-refractivity contribution in [2.75, 3.05) is 0 Å². The van der Waals surface area contributed by atoms with Crippen LogP contribution in [0.2, 0.25) is 0 Å². The van der Waals surface area contributed by atoms with Gasteiger partial charge in [-0.3, -0.25) is 0 Å². The maximum atomic E-state index is 2.64. The summed E-state index contributed by atoms with van der Waals surface area (Å²) in [6.07, 6.45) is 57.2. The van der Waals surface area contributed by atoms with Crippen molar-refractivity contribution in [2.24, 2.45) is 0 Å². The molecule has 0 saturated heterocycles. The number of rotatable bonds is 40. The molecule has 0 spiro atoms. The highest BCUT2D eigenvalue weighted by molar-refractivity contribution is 5.40. The van der Waals surface area contributed by atoms with Crippen LogP contribution in [0, 0.1) is 0 Å². The predicted octanol–water partition coefficient (Wildman–Crippen LogP) is 18.0. The highest BCUT2D eigenvalue weighted by Gasteiger charge is 2.11. The van der Waals surface area contributed by atoms with Gasteiger partial charge in [-0.2, -0.15) is 0 Å². The molecule has 1 aromatic rings. The summed E-state index contributed by atoms with van der Waals surface area (Å²) in [5, 5.41) is 0. The number of unbranched alkanes of at least 4 members (excludes halogenated alkanes) is 33. The summed E-state index contributed by atoms with van der Waals surface area (Å²) < 4.78 is 0. The zero-order valence-electron chi connectivity index (χ0n) is 35.4. The molecule has 1 rings (SSSR count). The van der Waals surface area contributed by atoms with Gasteiger partial charge in [0.2, 0.25) is 0 Å². The largest absolute Gasteiger partial charge is 0.0654 e. The Balaban J connectivity index is 2.51. The Bertz CT molecular complexity index is 755. The Kier molecular flexibility index (Phi) is 35.9. The second-order valence-electron chi connectivity index (χ2n) is 16.7. The standard InChI is InChI=1S/C50H94/c1-5-9-12-15-18-21-24-27-30-33-36-39-42-48-45-47(8-4)46-49(43-40-37-34-31-28-25-22-19-16-13-10-6-2)50(48)44-41-38-35-32-29-26-23-20-17-14-11-7-3/h45-46H,5-44H2,1-4H3. The lowest BCUT2D eigenvalue weighted by Gasteiger charge is -2.18. The highest BCUT2D eigenvalue weighted by atomic mass is 14.2. The molecule has 0 N–H and O–H groups in total. The van der Waals surface area contributed by atoms with Gasteiger partial charge in [-0.1, -0.05) is 252 Å². The van der Waals surface area contributed by atoms with Crippen LogP contribution in [0.1, 0.15) is 281 Å². The van der Waals surface area contributed by atoms with Crippen molar-refractivity contribution in [1.82, 2.24) is 0 Å². The van der Waals surface area contributed by atoms with Crippen LogP contribution < -0.4 is 0 Å². The van der Waals surface area contributed by atoms with Crippen LogP contribution in [0.25, 0.3) is 0 Å². The molecule has 0 fully saturated rings. The van der Waals surface area contributed by atoms with Crippen LogP contribution in [0.4, 0.5) is 0 Å². The van der Waals surface area contributed by atoms with E-state index in [9.17, 15) is 0 Å². The summed E-state index contributed by atoms with van der Waals surface area (Å²) in [4.78, 5) is 0. The molecule has 294 valence electrons. The SMILES string of the molecule is CCCCCCCCCCCCCCc1cc(CC)cc(CCCCCCCCCCCCCC)c1CCCCCCCCCCCCCC. The predicted molar refractivity (Wildman–Crippen MR) is 230 cm³/mol. The molecule has 0 atom stereocenters. The maximum Gasteiger partial charge on any atom is -0.0273 e. The van der Waals surface area contributed by atoms with Crippen LogP contribution >= 0.6 is 0 Å². The van der Waals surface area contributed by atoms with E-state index < -0.39 is 0 Å². The molecule has 0 heterocycles. The fourth-order valence-corrected chi connectivity index (χ4v) is 8.30. The van der Waals surface area contributed by atoms with Crippen molar-refractivity contribution in [3.8, 4) is 0 Å². The fraction of sp³-hybridized carbons (Fsp3) is 0.880. The van der Waals surface area contributed by atoms with Gasteiger partial charge in [0, 0.05) is 0 Å². The van der Waals surface area contributed by atoms with Crippen LogP contribution in [0.5, 0.6) is 0 Å². The molecule has 0 unspecified atom stereocenters. The van der Waals surface area contributed by atoms with Crippen molar-refractivity contribution in [3.05, 3.63) is 34.4 Å². The maximum absolute atomic E-state index is 2.64. The van der Waals surface area contributed by atoms with Gasteiger partial charge < -0.3 is 0 Å². The summed E-state index contributed by atoms with van der Waals surface area (Å²) >= 11 is 0. The molecule has 0 radical (unpaired) electrons. The molecule has 0 bridgehead atoms. The van der Waals surface area contributed by atoms with Crippen LogP contribution in [-0.4, -0.2) is 0 Å². The molecule has 0 nitrogen and oxygen atoms in total. The number of hydrogen-bond acceptors (Lipinski definition) is 0. The Labute approximate surface area is 317 Å². The lowest BCUT2D eigenvalue weighted by molar-refractivity contribution is 0.540. The third-order valence-corrected chi connectivity index (χ3v) is 11.8. The molecule has 0 heteroatoms. The molecule has 0 aliphatic rings. The van der Waals surface area contributed by atoms with Gasteiger partial charge in [0.25, 0.3) is 0 Å². The molecule has 0 aliphatic heterocycles. The third-order valence-electron chi connectivity index (χ3n) is 11.8. The van der Waals surface area contributed by atoms with E-state index in [0.717, 1.165) is 0 Å². The second-order valence-corrected chi connectivity index (χ2v) is 16.7. The number of hydrogen-bond donors (Lipinski definition) is 0. The van der Waals surface area contributed by atoms with Crippen LogP contribution in [0.3, 0.4) is 0 Å². The van der Waals surface area contributed by atoms with E-state index in [0.29, 0.717) is 0 Å². The molecule has 1 aromatic carbocycles. The van der Waals surface area contributed by atoms with Gasteiger partial charge in [0.15, 0.2) is 0 Å². The molecule has 0 saturated carbocycles. The average Bonchev–Trinajstić information content (AvgIpc) is 3.13. The quantitative estimate of drug-likeness (QED) is 0.0600. The van der Waals surface area contributed by atoms with Crippen molar-refractivity contribution < 1.29 is 0 Å². The van der Waals surface area contributed by atoms with E-state index >= 15 is 0 Å². The monoisotopic (exact) mass is 695 g/mol. The lowest BCUT2D eigenvalue weighted by Crippen LogP contribution is -2.04. The average molecular weight is 695 g/mol. The first kappa shape index (κ1) is 47.2. The van der Waals surface area contributed by atoms with E-state index in [1.165, 1.54) is 257 Å². The molecule has 0 amide bonds. The van der Waals surface area contributed by atoms with Crippen LogP contribution in [0.15, 0.2) is 12.1 Å². The summed E-state index contributed by atoms with van der Waals surface area (Å²) in [5.74, 6) is 0. The Morgan fingerprint density at radius 1 is 0.260 bits per heavy atom. The third kappa shape index (κ3) is 28.8. The van der Waals surface area contributed by atoms with E-state index in [1.807, 2.05) is 0 Å². The molecule has 0 aliphatic carbocycles. The van der Waals surface area contributed by atoms with Gasteiger partial charge in [0.05, 0.1) is 0 Å². The number of benzene rings is 1. The number of aryl methyl sites for hydroxylation is 3. The summed E-state index contributed by atoms with van der Waals surface area (Å²) in [6, 6.07) is 5.28. The molecule has 50 heavy (non-hydrogen) atoms. The van der Waals surface area contributed by atoms with E-state index in [1.54, 1.807) is 22.3 Å². The Hall–Kier alpha value is -0.780. The lowest BCUT2D eigenvalue weighted by atomic mass is 9.87. The molecule has 0 aromatic heterocycles. The minimum absolute atomic E-state index is 1.19. The topological polar surface area (TPSA) is 0 Å². The van der Waals surface area contributed by atoms with Gasteiger partial charge in [0.1, 0.15) is 0 Å². The van der Waals surface area contributed by atoms with Gasteiger partial charge in [-0.15, -0.1) is 0 Å². The van der Waals surface area contributed by atoms with Crippen molar-refractivity contribution in [2.45, 2.75) is 285 Å². The smallest absolute Gasteiger partial charge is 0.0273 e. The normalized spacial score (nSPS) is 11.6. The Morgan fingerprint density at radius 2 is 0.480 bits per heavy atom. The Morgan fingerprint density at radius 3 is 0.720 bits per heavy atom. The van der Waals surface area contributed by atoms with Crippen molar-refractivity contribution in [1.29, 1.82) is 0 Å². The molecular formula is C50H94. The first-order valence-electron chi connectivity index (χ1n) is 23.9. The fourth-order valence-electron chi connectivity index (χ4n) is 8.30. The summed E-state index contributed by atoms with van der Waals surface area (Å²) in [7, 11) is 0. The minimum atomic E-state index is 1.19.